The largest absolute Gasteiger partial charge is 0.352 e. The van der Waals surface area contributed by atoms with E-state index in [-0.39, 0.29) is 17.9 Å². The first-order valence-electron chi connectivity index (χ1n) is 11.5. The first-order valence-corrected chi connectivity index (χ1v) is 11.5. The Morgan fingerprint density at radius 3 is 2.33 bits per heavy atom. The molecule has 0 aromatic heterocycles. The summed E-state index contributed by atoms with van der Waals surface area (Å²) in [6.07, 6.45) is 4.81. The van der Waals surface area contributed by atoms with Crippen LogP contribution in [0.15, 0.2) is 18.2 Å². The van der Waals surface area contributed by atoms with Gasteiger partial charge in [-0.05, 0) is 50.7 Å². The summed E-state index contributed by atoms with van der Waals surface area (Å²) in [5, 5.41) is 6.36. The second kappa shape index (κ2) is 10.4. The summed E-state index contributed by atoms with van der Waals surface area (Å²) in [7, 11) is 0. The summed E-state index contributed by atoms with van der Waals surface area (Å²) < 4.78 is 0. The molecule has 0 radical (unpaired) electrons. The minimum atomic E-state index is -0.121. The maximum Gasteiger partial charge on any atom is 0.238 e. The molecule has 1 aromatic rings. The van der Waals surface area contributed by atoms with Crippen LogP contribution in [0.3, 0.4) is 0 Å². The van der Waals surface area contributed by atoms with Crippen LogP contribution in [0, 0.1) is 19.8 Å². The van der Waals surface area contributed by atoms with E-state index in [2.05, 4.69) is 27.4 Å². The Morgan fingerprint density at radius 1 is 1.07 bits per heavy atom. The van der Waals surface area contributed by atoms with Gasteiger partial charge in [0.2, 0.25) is 11.8 Å². The van der Waals surface area contributed by atoms with Gasteiger partial charge in [-0.3, -0.25) is 19.4 Å². The average Bonchev–Trinajstić information content (AvgIpc) is 2.72. The van der Waals surface area contributed by atoms with Gasteiger partial charge in [0.1, 0.15) is 0 Å². The van der Waals surface area contributed by atoms with E-state index >= 15 is 0 Å². The van der Waals surface area contributed by atoms with E-state index in [9.17, 15) is 9.59 Å². The molecule has 1 saturated heterocycles. The lowest BCUT2D eigenvalue weighted by Gasteiger charge is -2.38. The number of benzene rings is 1. The van der Waals surface area contributed by atoms with Crippen LogP contribution in [0.1, 0.15) is 50.7 Å². The van der Waals surface area contributed by atoms with Crippen LogP contribution < -0.4 is 10.6 Å². The lowest BCUT2D eigenvalue weighted by Crippen LogP contribution is -2.56. The Hall–Kier alpha value is -1.92. The fourth-order valence-corrected chi connectivity index (χ4v) is 4.70. The lowest BCUT2D eigenvalue weighted by molar-refractivity contribution is -0.128. The third kappa shape index (κ3) is 5.82. The molecule has 1 saturated carbocycles. The average molecular weight is 415 g/mol. The quantitative estimate of drug-likeness (QED) is 0.751. The van der Waals surface area contributed by atoms with Gasteiger partial charge in [0.15, 0.2) is 0 Å². The van der Waals surface area contributed by atoms with Crippen molar-refractivity contribution >= 4 is 17.5 Å². The zero-order valence-electron chi connectivity index (χ0n) is 19.0. The van der Waals surface area contributed by atoms with Crippen molar-refractivity contribution in [3.8, 4) is 0 Å². The number of carbonyl (C=O) groups is 2. The first-order chi connectivity index (χ1) is 14.3. The molecule has 3 atom stereocenters. The van der Waals surface area contributed by atoms with Crippen molar-refractivity contribution in [3.63, 3.8) is 0 Å². The number of carbonyl (C=O) groups excluding carboxylic acids is 2. The Balaban J connectivity index is 1.43. The number of amides is 2. The Kier molecular flexibility index (Phi) is 7.89. The van der Waals surface area contributed by atoms with Crippen LogP contribution in [-0.2, 0) is 9.59 Å². The molecule has 3 rings (SSSR count). The van der Waals surface area contributed by atoms with Crippen LogP contribution in [0.2, 0.25) is 0 Å². The fourth-order valence-electron chi connectivity index (χ4n) is 4.70. The molecule has 6 nitrogen and oxygen atoms in total. The molecule has 6 heteroatoms. The maximum absolute atomic E-state index is 12.8. The molecular weight excluding hydrogens is 376 g/mol. The maximum atomic E-state index is 12.8. The number of nitrogens with one attached hydrogen (secondary N) is 2. The molecule has 2 amide bonds. The number of piperazine rings is 1. The summed E-state index contributed by atoms with van der Waals surface area (Å²) in [5.41, 5.74) is 3.09. The van der Waals surface area contributed by atoms with Crippen molar-refractivity contribution in [2.45, 2.75) is 65.5 Å². The normalized spacial score (nSPS) is 24.3. The number of rotatable bonds is 6. The van der Waals surface area contributed by atoms with Gasteiger partial charge < -0.3 is 10.6 Å². The first kappa shape index (κ1) is 22.8. The van der Waals surface area contributed by atoms with Crippen LogP contribution >= 0.6 is 0 Å². The van der Waals surface area contributed by atoms with Crippen molar-refractivity contribution in [3.05, 3.63) is 29.3 Å². The van der Waals surface area contributed by atoms with Gasteiger partial charge in [-0.25, -0.2) is 0 Å². The van der Waals surface area contributed by atoms with E-state index in [0.717, 1.165) is 49.4 Å². The third-order valence-electron chi connectivity index (χ3n) is 6.89. The van der Waals surface area contributed by atoms with Crippen LogP contribution in [0.25, 0.3) is 0 Å². The topological polar surface area (TPSA) is 64.7 Å². The molecule has 0 unspecified atom stereocenters. The van der Waals surface area contributed by atoms with Crippen molar-refractivity contribution in [2.75, 3.05) is 38.0 Å². The second-order valence-corrected chi connectivity index (χ2v) is 9.18. The summed E-state index contributed by atoms with van der Waals surface area (Å²) in [6.45, 7) is 11.9. The lowest BCUT2D eigenvalue weighted by atomic mass is 9.86. The van der Waals surface area contributed by atoms with Crippen molar-refractivity contribution in [1.29, 1.82) is 0 Å². The standard InChI is InChI=1S/C24H38N4O2/c1-17-8-5-6-11-21(17)25-24(30)20(4)28-14-12-27(13-15-28)16-22(29)26-23-18(2)9-7-10-19(23)3/h7,9-10,17,20-21H,5-6,8,11-16H2,1-4H3,(H,25,30)(H,26,29)/t17-,20+,21+/m0/s1. The molecule has 1 heterocycles. The molecule has 30 heavy (non-hydrogen) atoms. The fraction of sp³-hybridized carbons (Fsp3) is 0.667. The highest BCUT2D eigenvalue weighted by molar-refractivity contribution is 5.93. The summed E-state index contributed by atoms with van der Waals surface area (Å²) in [6, 6.07) is 6.24. The van der Waals surface area contributed by atoms with Crippen LogP contribution in [-0.4, -0.2) is 66.4 Å². The van der Waals surface area contributed by atoms with Gasteiger partial charge in [-0.15, -0.1) is 0 Å². The summed E-state index contributed by atoms with van der Waals surface area (Å²) in [4.78, 5) is 29.7. The monoisotopic (exact) mass is 414 g/mol. The summed E-state index contributed by atoms with van der Waals surface area (Å²) in [5.74, 6) is 0.745. The van der Waals surface area contributed by atoms with E-state index in [4.69, 9.17) is 0 Å². The predicted molar refractivity (Wildman–Crippen MR) is 122 cm³/mol. The number of nitrogens with zero attached hydrogens (tertiary/aromatic N) is 2. The molecule has 1 aromatic carbocycles. The molecule has 0 bridgehead atoms. The molecule has 166 valence electrons. The molecular formula is C24H38N4O2. The Labute approximate surface area is 181 Å². The highest BCUT2D eigenvalue weighted by atomic mass is 16.2. The van der Waals surface area contributed by atoms with Gasteiger partial charge in [0.05, 0.1) is 12.6 Å². The molecule has 2 N–H and O–H groups in total. The predicted octanol–water partition coefficient (Wildman–Crippen LogP) is 2.94. The molecule has 1 aliphatic heterocycles. The van der Waals surface area contributed by atoms with Gasteiger partial charge in [0.25, 0.3) is 0 Å². The second-order valence-electron chi connectivity index (χ2n) is 9.18. The molecule has 1 aliphatic carbocycles. The number of anilines is 1. The van der Waals surface area contributed by atoms with Gasteiger partial charge >= 0.3 is 0 Å². The highest BCUT2D eigenvalue weighted by Gasteiger charge is 2.29. The molecule has 2 aliphatic rings. The smallest absolute Gasteiger partial charge is 0.238 e. The minimum absolute atomic E-state index is 0.0259. The van der Waals surface area contributed by atoms with E-state index in [1.54, 1.807) is 0 Å². The number of hydrogen-bond donors (Lipinski definition) is 2. The van der Waals surface area contributed by atoms with Gasteiger partial charge in [0, 0.05) is 37.9 Å². The summed E-state index contributed by atoms with van der Waals surface area (Å²) >= 11 is 0. The van der Waals surface area contributed by atoms with Crippen LogP contribution in [0.4, 0.5) is 5.69 Å². The number of para-hydroxylation sites is 1. The zero-order chi connectivity index (χ0) is 21.7. The molecule has 0 spiro atoms. The van der Waals surface area contributed by atoms with E-state index in [1.165, 1.54) is 19.3 Å². The van der Waals surface area contributed by atoms with Gasteiger partial charge in [-0.2, -0.15) is 0 Å². The Morgan fingerprint density at radius 2 is 1.70 bits per heavy atom. The zero-order valence-corrected chi connectivity index (χ0v) is 19.0. The van der Waals surface area contributed by atoms with E-state index in [0.29, 0.717) is 18.5 Å². The Bertz CT molecular complexity index is 722. The minimum Gasteiger partial charge on any atom is -0.352 e. The van der Waals surface area contributed by atoms with Crippen molar-refractivity contribution < 1.29 is 9.59 Å². The van der Waals surface area contributed by atoms with Crippen LogP contribution in [0.5, 0.6) is 0 Å². The highest BCUT2D eigenvalue weighted by Crippen LogP contribution is 2.24. The number of hydrogen-bond acceptors (Lipinski definition) is 4. The van der Waals surface area contributed by atoms with Crippen molar-refractivity contribution in [1.82, 2.24) is 15.1 Å². The SMILES string of the molecule is Cc1cccc(C)c1NC(=O)CN1CCN([C@H](C)C(=O)N[C@@H]2CCCC[C@@H]2C)CC1. The van der Waals surface area contributed by atoms with Crippen molar-refractivity contribution in [2.24, 2.45) is 5.92 Å². The number of aryl methyl sites for hydroxylation is 2. The van der Waals surface area contributed by atoms with E-state index in [1.807, 2.05) is 39.0 Å². The van der Waals surface area contributed by atoms with E-state index < -0.39 is 0 Å². The molecule has 2 fully saturated rings. The third-order valence-corrected chi connectivity index (χ3v) is 6.89. The van der Waals surface area contributed by atoms with Gasteiger partial charge in [-0.1, -0.05) is 38.0 Å².